The van der Waals surface area contributed by atoms with Crippen molar-refractivity contribution < 1.29 is 13.2 Å². The van der Waals surface area contributed by atoms with Crippen LogP contribution in [0.15, 0.2) is 18.2 Å². The van der Waals surface area contributed by atoms with Gasteiger partial charge in [0.15, 0.2) is 0 Å². The first kappa shape index (κ1) is 15.7. The quantitative estimate of drug-likeness (QED) is 0.891. The third kappa shape index (κ3) is 4.33. The average Bonchev–Trinajstić information content (AvgIpc) is 2.32. The van der Waals surface area contributed by atoms with Crippen molar-refractivity contribution in [3.8, 4) is 0 Å². The maximum Gasteiger partial charge on any atom is 0.239 e. The minimum absolute atomic E-state index is 0.0136. The highest BCUT2D eigenvalue weighted by Gasteiger charge is 2.18. The summed E-state index contributed by atoms with van der Waals surface area (Å²) in [7, 11) is -1.93. The van der Waals surface area contributed by atoms with Gasteiger partial charge in [-0.05, 0) is 32.4 Å². The molecule has 0 radical (unpaired) electrons. The van der Waals surface area contributed by atoms with Crippen LogP contribution in [0.4, 0.5) is 5.69 Å². The van der Waals surface area contributed by atoms with Gasteiger partial charge in [0.25, 0.3) is 0 Å². The summed E-state index contributed by atoms with van der Waals surface area (Å²) in [6.45, 7) is 5.24. The first-order chi connectivity index (χ1) is 8.76. The van der Waals surface area contributed by atoms with E-state index in [-0.39, 0.29) is 18.2 Å². The summed E-state index contributed by atoms with van der Waals surface area (Å²) in [5, 5.41) is 2.72. The molecule has 0 unspecified atom stereocenters. The number of hydrogen-bond acceptors (Lipinski definition) is 3. The van der Waals surface area contributed by atoms with Crippen molar-refractivity contribution in [1.82, 2.24) is 4.31 Å². The zero-order chi connectivity index (χ0) is 14.6. The molecule has 0 bridgehead atoms. The number of likely N-dealkylation sites (N-methyl/N-ethyl adjacent to an activating group) is 1. The maximum absolute atomic E-state index is 11.8. The first-order valence-corrected chi connectivity index (χ1v) is 7.68. The van der Waals surface area contributed by atoms with Gasteiger partial charge in [-0.1, -0.05) is 17.7 Å². The Kier molecular flexibility index (Phi) is 5.08. The van der Waals surface area contributed by atoms with E-state index in [9.17, 15) is 13.2 Å². The van der Waals surface area contributed by atoms with Crippen LogP contribution in [0.3, 0.4) is 0 Å². The molecule has 1 aromatic carbocycles. The number of carbonyl (C=O) groups is 1. The van der Waals surface area contributed by atoms with Gasteiger partial charge in [0, 0.05) is 12.7 Å². The van der Waals surface area contributed by atoms with Gasteiger partial charge in [-0.2, -0.15) is 4.31 Å². The Hall–Kier alpha value is -1.40. The number of amides is 1. The van der Waals surface area contributed by atoms with Crippen molar-refractivity contribution >= 4 is 21.6 Å². The average molecular weight is 284 g/mol. The Morgan fingerprint density at radius 2 is 1.95 bits per heavy atom. The topological polar surface area (TPSA) is 66.5 Å². The molecule has 1 N–H and O–H groups in total. The number of carbonyl (C=O) groups excluding carboxylic acids is 1. The molecule has 1 rings (SSSR count). The van der Waals surface area contributed by atoms with Crippen molar-refractivity contribution in [2.24, 2.45) is 0 Å². The summed E-state index contributed by atoms with van der Waals surface area (Å²) in [4.78, 5) is 11.8. The van der Waals surface area contributed by atoms with Crippen LogP contribution in [0.2, 0.25) is 0 Å². The molecule has 19 heavy (non-hydrogen) atoms. The van der Waals surface area contributed by atoms with Crippen molar-refractivity contribution in [2.75, 3.05) is 24.7 Å². The number of sulfonamides is 1. The molecular formula is C13H20N2O3S. The molecule has 0 fully saturated rings. The number of nitrogens with zero attached hydrogens (tertiary/aromatic N) is 1. The van der Waals surface area contributed by atoms with Crippen LogP contribution in [-0.2, 0) is 14.8 Å². The third-order valence-corrected chi connectivity index (χ3v) is 4.67. The van der Waals surface area contributed by atoms with Crippen LogP contribution < -0.4 is 5.32 Å². The van der Waals surface area contributed by atoms with Crippen LogP contribution >= 0.6 is 0 Å². The molecule has 6 heteroatoms. The maximum atomic E-state index is 11.8. The smallest absolute Gasteiger partial charge is 0.239 e. The SMILES string of the molecule is CCS(=O)(=O)N(C)CC(=O)Nc1ccc(C)cc1C. The van der Waals surface area contributed by atoms with E-state index in [1.54, 1.807) is 6.92 Å². The zero-order valence-electron chi connectivity index (χ0n) is 11.7. The van der Waals surface area contributed by atoms with Gasteiger partial charge in [0.2, 0.25) is 15.9 Å². The van der Waals surface area contributed by atoms with Crippen LogP contribution in [0.1, 0.15) is 18.1 Å². The largest absolute Gasteiger partial charge is 0.325 e. The van der Waals surface area contributed by atoms with E-state index in [2.05, 4.69) is 5.32 Å². The normalized spacial score (nSPS) is 11.6. The molecule has 0 aliphatic rings. The van der Waals surface area contributed by atoms with Crippen molar-refractivity contribution in [3.63, 3.8) is 0 Å². The monoisotopic (exact) mass is 284 g/mol. The summed E-state index contributed by atoms with van der Waals surface area (Å²) in [6.07, 6.45) is 0. The van der Waals surface area contributed by atoms with Crippen molar-refractivity contribution in [2.45, 2.75) is 20.8 Å². The van der Waals surface area contributed by atoms with E-state index in [4.69, 9.17) is 0 Å². The molecule has 1 amide bonds. The lowest BCUT2D eigenvalue weighted by Crippen LogP contribution is -2.35. The molecule has 0 aromatic heterocycles. The number of hydrogen-bond donors (Lipinski definition) is 1. The van der Waals surface area contributed by atoms with Gasteiger partial charge in [-0.25, -0.2) is 8.42 Å². The fourth-order valence-corrected chi connectivity index (χ4v) is 2.42. The number of anilines is 1. The number of rotatable bonds is 5. The van der Waals surface area contributed by atoms with E-state index in [0.717, 1.165) is 15.4 Å². The van der Waals surface area contributed by atoms with Gasteiger partial charge in [0.1, 0.15) is 0 Å². The Morgan fingerprint density at radius 1 is 1.32 bits per heavy atom. The van der Waals surface area contributed by atoms with Gasteiger partial charge >= 0.3 is 0 Å². The zero-order valence-corrected chi connectivity index (χ0v) is 12.5. The lowest BCUT2D eigenvalue weighted by Gasteiger charge is -2.16. The molecule has 0 aliphatic carbocycles. The summed E-state index contributed by atoms with van der Waals surface area (Å²) >= 11 is 0. The molecular weight excluding hydrogens is 264 g/mol. The Balaban J connectivity index is 2.71. The summed E-state index contributed by atoms with van der Waals surface area (Å²) in [5.74, 6) is -0.355. The van der Waals surface area contributed by atoms with Crippen LogP contribution in [0, 0.1) is 13.8 Å². The third-order valence-electron chi connectivity index (χ3n) is 2.86. The Labute approximate surface area is 114 Å². The molecule has 106 valence electrons. The fourth-order valence-electron chi connectivity index (χ4n) is 1.66. The van der Waals surface area contributed by atoms with Crippen LogP contribution in [0.25, 0.3) is 0 Å². The van der Waals surface area contributed by atoms with Crippen molar-refractivity contribution in [3.05, 3.63) is 29.3 Å². The fraction of sp³-hybridized carbons (Fsp3) is 0.462. The highest BCUT2D eigenvalue weighted by atomic mass is 32.2. The Morgan fingerprint density at radius 3 is 2.47 bits per heavy atom. The molecule has 0 spiro atoms. The van der Waals surface area contributed by atoms with Crippen molar-refractivity contribution in [1.29, 1.82) is 0 Å². The first-order valence-electron chi connectivity index (χ1n) is 6.07. The van der Waals surface area contributed by atoms with E-state index < -0.39 is 10.0 Å². The Bertz CT molecular complexity index is 567. The van der Waals surface area contributed by atoms with E-state index >= 15 is 0 Å². The minimum atomic E-state index is -3.33. The standard InChI is InChI=1S/C13H20N2O3S/c1-5-19(17,18)15(4)9-13(16)14-12-7-6-10(2)8-11(12)3/h6-8H,5,9H2,1-4H3,(H,14,16). The predicted octanol–water partition coefficient (Wildman–Crippen LogP) is 1.52. The molecule has 0 saturated heterocycles. The minimum Gasteiger partial charge on any atom is -0.325 e. The van der Waals surface area contributed by atoms with Crippen LogP contribution in [-0.4, -0.2) is 38.0 Å². The van der Waals surface area contributed by atoms with Gasteiger partial charge in [-0.3, -0.25) is 4.79 Å². The van der Waals surface area contributed by atoms with E-state index in [1.807, 2.05) is 32.0 Å². The van der Waals surface area contributed by atoms with E-state index in [0.29, 0.717) is 5.69 Å². The molecule has 5 nitrogen and oxygen atoms in total. The molecule has 0 saturated carbocycles. The number of benzene rings is 1. The molecule has 0 heterocycles. The number of nitrogens with one attached hydrogen (secondary N) is 1. The molecule has 0 atom stereocenters. The van der Waals surface area contributed by atoms with Gasteiger partial charge in [0.05, 0.1) is 12.3 Å². The summed E-state index contributed by atoms with van der Waals surface area (Å²) in [6, 6.07) is 5.67. The highest BCUT2D eigenvalue weighted by Crippen LogP contribution is 2.15. The number of aryl methyl sites for hydroxylation is 2. The van der Waals surface area contributed by atoms with E-state index in [1.165, 1.54) is 7.05 Å². The second kappa shape index (κ2) is 6.16. The second-order valence-electron chi connectivity index (χ2n) is 4.52. The molecule has 1 aromatic rings. The summed E-state index contributed by atoms with van der Waals surface area (Å²) < 4.78 is 24.2. The predicted molar refractivity (Wildman–Crippen MR) is 76.6 cm³/mol. The van der Waals surface area contributed by atoms with Gasteiger partial charge in [-0.15, -0.1) is 0 Å². The summed E-state index contributed by atoms with van der Waals surface area (Å²) in [5.41, 5.74) is 2.77. The lowest BCUT2D eigenvalue weighted by atomic mass is 10.1. The second-order valence-corrected chi connectivity index (χ2v) is 6.89. The lowest BCUT2D eigenvalue weighted by molar-refractivity contribution is -0.116. The molecule has 0 aliphatic heterocycles. The van der Waals surface area contributed by atoms with Gasteiger partial charge < -0.3 is 5.32 Å². The highest BCUT2D eigenvalue weighted by molar-refractivity contribution is 7.89. The van der Waals surface area contributed by atoms with Crippen LogP contribution in [0.5, 0.6) is 0 Å².